The van der Waals surface area contributed by atoms with Crippen molar-refractivity contribution >= 4 is 5.91 Å². The van der Waals surface area contributed by atoms with E-state index >= 15 is 0 Å². The second-order valence-corrected chi connectivity index (χ2v) is 8.19. The number of rotatable bonds is 6. The Morgan fingerprint density at radius 1 is 1.10 bits per heavy atom. The van der Waals surface area contributed by atoms with Gasteiger partial charge < -0.3 is 15.2 Å². The topological polar surface area (TPSA) is 64.2 Å². The van der Waals surface area contributed by atoms with Crippen LogP contribution >= 0.6 is 0 Å². The van der Waals surface area contributed by atoms with Gasteiger partial charge in [-0.25, -0.2) is 4.98 Å². The van der Waals surface area contributed by atoms with Gasteiger partial charge in [0, 0.05) is 31.3 Å². The first-order valence-corrected chi connectivity index (χ1v) is 10.8. The van der Waals surface area contributed by atoms with Crippen LogP contribution < -0.4 is 5.73 Å². The molecule has 5 heteroatoms. The fourth-order valence-electron chi connectivity index (χ4n) is 4.13. The molecule has 1 amide bonds. The van der Waals surface area contributed by atoms with Crippen molar-refractivity contribution in [3.8, 4) is 11.3 Å². The Hall–Kier alpha value is -2.92. The lowest BCUT2D eigenvalue weighted by Gasteiger charge is -2.38. The van der Waals surface area contributed by atoms with E-state index < -0.39 is 6.04 Å². The highest BCUT2D eigenvalue weighted by atomic mass is 16.2. The van der Waals surface area contributed by atoms with Crippen LogP contribution in [0.15, 0.2) is 66.9 Å². The fourth-order valence-corrected chi connectivity index (χ4v) is 4.13. The maximum absolute atomic E-state index is 13.3. The van der Waals surface area contributed by atoms with E-state index in [0.29, 0.717) is 6.54 Å². The first-order valence-electron chi connectivity index (χ1n) is 10.8. The summed E-state index contributed by atoms with van der Waals surface area (Å²) in [6.07, 6.45) is 3.72. The summed E-state index contributed by atoms with van der Waals surface area (Å²) in [6, 6.07) is 19.9. The van der Waals surface area contributed by atoms with Crippen LogP contribution in [0.1, 0.15) is 37.7 Å². The molecule has 1 aliphatic rings. The van der Waals surface area contributed by atoms with Crippen molar-refractivity contribution in [1.82, 2.24) is 14.5 Å². The number of nitrogens with two attached hydrogens (primary N) is 1. The molecule has 2 heterocycles. The van der Waals surface area contributed by atoms with Crippen molar-refractivity contribution in [1.29, 1.82) is 0 Å². The average molecular weight is 403 g/mol. The van der Waals surface area contributed by atoms with E-state index in [0.717, 1.165) is 36.5 Å². The van der Waals surface area contributed by atoms with Gasteiger partial charge in [-0.2, -0.15) is 0 Å². The maximum Gasteiger partial charge on any atom is 0.240 e. The summed E-state index contributed by atoms with van der Waals surface area (Å²) in [7, 11) is 0. The van der Waals surface area contributed by atoms with Crippen molar-refractivity contribution in [3.05, 3.63) is 78.2 Å². The standard InChI is InChI=1S/C25H30N4O/c1-3-18(2)23(26)25(30)29-15-14-28-17-21(20-12-8-5-9-13-20)27-24(28)22(29)16-19-10-6-4-7-11-19/h4-13,17-18,22-23H,3,14-16,26H2,1-2H3/t18-,22+,23+/m1/s1. The number of hydrogen-bond donors (Lipinski definition) is 1. The van der Waals surface area contributed by atoms with Crippen molar-refractivity contribution < 1.29 is 4.79 Å². The Bertz CT molecular complexity index is 983. The van der Waals surface area contributed by atoms with E-state index in [1.54, 1.807) is 0 Å². The minimum absolute atomic E-state index is 0.0285. The Morgan fingerprint density at radius 3 is 2.43 bits per heavy atom. The summed E-state index contributed by atoms with van der Waals surface area (Å²) in [5.41, 5.74) is 9.58. The number of carbonyl (C=O) groups excluding carboxylic acids is 1. The van der Waals surface area contributed by atoms with Crippen LogP contribution in [0.5, 0.6) is 0 Å². The van der Waals surface area contributed by atoms with Gasteiger partial charge in [0.1, 0.15) is 5.82 Å². The third-order valence-electron chi connectivity index (χ3n) is 6.23. The number of benzene rings is 2. The Balaban J connectivity index is 1.71. The summed E-state index contributed by atoms with van der Waals surface area (Å²) in [5.74, 6) is 1.12. The van der Waals surface area contributed by atoms with E-state index in [2.05, 4.69) is 42.0 Å². The van der Waals surface area contributed by atoms with Crippen LogP contribution in [-0.4, -0.2) is 32.9 Å². The molecule has 0 radical (unpaired) electrons. The molecule has 3 aromatic rings. The summed E-state index contributed by atoms with van der Waals surface area (Å²) in [6.45, 7) is 5.51. The molecule has 2 aromatic carbocycles. The largest absolute Gasteiger partial charge is 0.331 e. The highest BCUT2D eigenvalue weighted by Gasteiger charge is 2.36. The van der Waals surface area contributed by atoms with Crippen LogP contribution in [0, 0.1) is 5.92 Å². The number of nitrogens with zero attached hydrogens (tertiary/aromatic N) is 3. The summed E-state index contributed by atoms with van der Waals surface area (Å²) >= 11 is 0. The number of carbonyl (C=O) groups is 1. The van der Waals surface area contributed by atoms with Crippen molar-refractivity contribution in [3.63, 3.8) is 0 Å². The monoisotopic (exact) mass is 402 g/mol. The zero-order valence-corrected chi connectivity index (χ0v) is 17.7. The molecule has 0 spiro atoms. The lowest BCUT2D eigenvalue weighted by Crippen LogP contribution is -2.51. The Labute approximate surface area is 178 Å². The zero-order chi connectivity index (χ0) is 21.1. The van der Waals surface area contributed by atoms with Gasteiger partial charge >= 0.3 is 0 Å². The quantitative estimate of drug-likeness (QED) is 0.676. The van der Waals surface area contributed by atoms with E-state index in [-0.39, 0.29) is 17.9 Å². The Morgan fingerprint density at radius 2 is 1.77 bits per heavy atom. The zero-order valence-electron chi connectivity index (χ0n) is 17.7. The second-order valence-electron chi connectivity index (χ2n) is 8.19. The van der Waals surface area contributed by atoms with Crippen LogP contribution in [0.2, 0.25) is 0 Å². The molecule has 0 aliphatic carbocycles. The molecule has 1 aliphatic heterocycles. The first-order chi connectivity index (χ1) is 14.6. The Kier molecular flexibility index (Phi) is 6.00. The van der Waals surface area contributed by atoms with Crippen LogP contribution in [0.4, 0.5) is 0 Å². The van der Waals surface area contributed by atoms with Gasteiger partial charge in [0.25, 0.3) is 0 Å². The molecule has 5 nitrogen and oxygen atoms in total. The van der Waals surface area contributed by atoms with Crippen LogP contribution in [-0.2, 0) is 17.8 Å². The van der Waals surface area contributed by atoms with E-state index in [1.807, 2.05) is 48.2 Å². The van der Waals surface area contributed by atoms with Crippen molar-refractivity contribution in [2.45, 2.75) is 45.3 Å². The lowest BCUT2D eigenvalue weighted by molar-refractivity contribution is -0.137. The number of amides is 1. The predicted molar refractivity (Wildman–Crippen MR) is 120 cm³/mol. The number of hydrogen-bond acceptors (Lipinski definition) is 3. The summed E-state index contributed by atoms with van der Waals surface area (Å²) in [4.78, 5) is 20.3. The molecule has 0 saturated heterocycles. The van der Waals surface area contributed by atoms with Gasteiger partial charge in [0.2, 0.25) is 5.91 Å². The van der Waals surface area contributed by atoms with Gasteiger partial charge in [0.05, 0.1) is 17.8 Å². The third kappa shape index (κ3) is 4.03. The second kappa shape index (κ2) is 8.84. The summed E-state index contributed by atoms with van der Waals surface area (Å²) < 4.78 is 2.20. The van der Waals surface area contributed by atoms with Gasteiger partial charge in [-0.3, -0.25) is 4.79 Å². The van der Waals surface area contributed by atoms with E-state index in [9.17, 15) is 4.79 Å². The van der Waals surface area contributed by atoms with Gasteiger partial charge in [-0.15, -0.1) is 0 Å². The normalized spacial score (nSPS) is 18.0. The van der Waals surface area contributed by atoms with Gasteiger partial charge in [-0.1, -0.05) is 80.9 Å². The van der Waals surface area contributed by atoms with Gasteiger partial charge in [0.15, 0.2) is 0 Å². The predicted octanol–water partition coefficient (Wildman–Crippen LogP) is 4.05. The number of aromatic nitrogens is 2. The molecule has 156 valence electrons. The van der Waals surface area contributed by atoms with Crippen molar-refractivity contribution in [2.24, 2.45) is 11.7 Å². The molecule has 4 rings (SSSR count). The summed E-state index contributed by atoms with van der Waals surface area (Å²) in [5, 5.41) is 0. The molecule has 0 unspecified atom stereocenters. The molecule has 0 bridgehead atoms. The molecular weight excluding hydrogens is 372 g/mol. The average Bonchev–Trinajstić information content (AvgIpc) is 3.24. The number of fused-ring (bicyclic) bond motifs is 1. The molecule has 0 saturated carbocycles. The van der Waals surface area contributed by atoms with E-state index in [1.165, 1.54) is 5.56 Å². The smallest absolute Gasteiger partial charge is 0.240 e. The van der Waals surface area contributed by atoms with E-state index in [4.69, 9.17) is 10.7 Å². The van der Waals surface area contributed by atoms with Crippen LogP contribution in [0.3, 0.4) is 0 Å². The molecule has 1 aromatic heterocycles. The highest BCUT2D eigenvalue weighted by Crippen LogP contribution is 2.32. The van der Waals surface area contributed by atoms with Gasteiger partial charge in [-0.05, 0) is 11.5 Å². The SMILES string of the molecule is CC[C@@H](C)[C@H](N)C(=O)N1CCn2cc(-c3ccccc3)nc2[C@@H]1Cc1ccccc1. The van der Waals surface area contributed by atoms with Crippen molar-refractivity contribution in [2.75, 3.05) is 6.54 Å². The molecule has 0 fully saturated rings. The lowest BCUT2D eigenvalue weighted by atomic mass is 9.96. The molecule has 30 heavy (non-hydrogen) atoms. The number of imidazole rings is 1. The molecule has 2 N–H and O–H groups in total. The molecule has 3 atom stereocenters. The third-order valence-corrected chi connectivity index (χ3v) is 6.23. The first kappa shape index (κ1) is 20.4. The van der Waals surface area contributed by atoms with Crippen LogP contribution in [0.25, 0.3) is 11.3 Å². The maximum atomic E-state index is 13.3. The minimum atomic E-state index is -0.483. The minimum Gasteiger partial charge on any atom is -0.331 e. The fraction of sp³-hybridized carbons (Fsp3) is 0.360. The molecular formula is C25H30N4O. The highest BCUT2D eigenvalue weighted by molar-refractivity contribution is 5.82.